The molecular formula is C20H22N4OS. The van der Waals surface area contributed by atoms with E-state index < -0.39 is 0 Å². The average molecular weight is 366 g/mol. The monoisotopic (exact) mass is 366 g/mol. The molecule has 3 heterocycles. The van der Waals surface area contributed by atoms with Crippen molar-refractivity contribution in [3.8, 4) is 11.4 Å². The summed E-state index contributed by atoms with van der Waals surface area (Å²) in [7, 11) is 0. The van der Waals surface area contributed by atoms with E-state index in [-0.39, 0.29) is 5.91 Å². The standard InChI is InChI=1S/C20H22N4OS/c1-2-16-10-11-17(26-16)20(25)21-15-8-6-7-14(13-15)19-23-22-18-9-4-3-5-12-24(18)19/h6-8,10-11,13H,2-5,9,12H2,1H3,(H,21,25). The van der Waals surface area contributed by atoms with Gasteiger partial charge in [0.05, 0.1) is 4.88 Å². The molecule has 1 aliphatic rings. The highest BCUT2D eigenvalue weighted by Gasteiger charge is 2.16. The summed E-state index contributed by atoms with van der Waals surface area (Å²) in [4.78, 5) is 14.4. The SMILES string of the molecule is CCc1ccc(C(=O)Nc2cccc(-c3nnc4n3CCCCC4)c2)s1. The van der Waals surface area contributed by atoms with Crippen LogP contribution < -0.4 is 5.32 Å². The fourth-order valence-corrected chi connectivity index (χ4v) is 4.16. The van der Waals surface area contributed by atoms with Gasteiger partial charge in [-0.2, -0.15) is 0 Å². The van der Waals surface area contributed by atoms with Gasteiger partial charge in [0.2, 0.25) is 0 Å². The van der Waals surface area contributed by atoms with Crippen LogP contribution in [0, 0.1) is 0 Å². The predicted octanol–water partition coefficient (Wildman–Crippen LogP) is 4.55. The second-order valence-electron chi connectivity index (χ2n) is 6.56. The Hall–Kier alpha value is -2.47. The van der Waals surface area contributed by atoms with Crippen LogP contribution in [-0.4, -0.2) is 20.7 Å². The summed E-state index contributed by atoms with van der Waals surface area (Å²) in [5, 5.41) is 11.8. The number of amides is 1. The summed E-state index contributed by atoms with van der Waals surface area (Å²) in [5.74, 6) is 1.90. The maximum Gasteiger partial charge on any atom is 0.265 e. The summed E-state index contributed by atoms with van der Waals surface area (Å²) in [6.07, 6.45) is 5.51. The first-order valence-corrected chi connectivity index (χ1v) is 9.99. The van der Waals surface area contributed by atoms with Crippen molar-refractivity contribution >= 4 is 22.9 Å². The fraction of sp³-hybridized carbons (Fsp3) is 0.350. The molecule has 0 radical (unpaired) electrons. The van der Waals surface area contributed by atoms with Gasteiger partial charge in [-0.05, 0) is 43.5 Å². The highest BCUT2D eigenvalue weighted by atomic mass is 32.1. The zero-order chi connectivity index (χ0) is 17.9. The molecule has 6 heteroatoms. The van der Waals surface area contributed by atoms with Gasteiger partial charge in [-0.1, -0.05) is 25.5 Å². The minimum atomic E-state index is -0.0630. The number of aryl methyl sites for hydroxylation is 2. The van der Waals surface area contributed by atoms with E-state index in [9.17, 15) is 4.79 Å². The number of nitrogens with zero attached hydrogens (tertiary/aromatic N) is 3. The van der Waals surface area contributed by atoms with E-state index >= 15 is 0 Å². The van der Waals surface area contributed by atoms with Gasteiger partial charge in [0, 0.05) is 29.1 Å². The van der Waals surface area contributed by atoms with Crippen LogP contribution in [0.5, 0.6) is 0 Å². The van der Waals surface area contributed by atoms with Crippen LogP contribution in [0.25, 0.3) is 11.4 Å². The van der Waals surface area contributed by atoms with Crippen LogP contribution in [0.4, 0.5) is 5.69 Å². The first-order valence-electron chi connectivity index (χ1n) is 9.17. The number of thiophene rings is 1. The number of fused-ring (bicyclic) bond motifs is 1. The quantitative estimate of drug-likeness (QED) is 0.737. The summed E-state index contributed by atoms with van der Waals surface area (Å²) >= 11 is 1.54. The molecule has 5 nitrogen and oxygen atoms in total. The summed E-state index contributed by atoms with van der Waals surface area (Å²) in [6.45, 7) is 3.06. The molecule has 0 bridgehead atoms. The van der Waals surface area contributed by atoms with Crippen molar-refractivity contribution in [3.05, 3.63) is 52.0 Å². The number of nitrogens with one attached hydrogen (secondary N) is 1. The summed E-state index contributed by atoms with van der Waals surface area (Å²) in [6, 6.07) is 11.8. The Kier molecular flexibility index (Phi) is 4.84. The molecule has 0 atom stereocenters. The van der Waals surface area contributed by atoms with Crippen LogP contribution >= 0.6 is 11.3 Å². The third-order valence-corrected chi connectivity index (χ3v) is 5.95. The van der Waals surface area contributed by atoms with Crippen molar-refractivity contribution < 1.29 is 4.79 Å². The lowest BCUT2D eigenvalue weighted by Gasteiger charge is -2.09. The van der Waals surface area contributed by atoms with Gasteiger partial charge < -0.3 is 9.88 Å². The molecule has 1 N–H and O–H groups in total. The number of hydrogen-bond donors (Lipinski definition) is 1. The first kappa shape index (κ1) is 17.0. The molecule has 0 aliphatic carbocycles. The smallest absolute Gasteiger partial charge is 0.265 e. The van der Waals surface area contributed by atoms with Crippen LogP contribution in [0.3, 0.4) is 0 Å². The lowest BCUT2D eigenvalue weighted by atomic mass is 10.2. The molecule has 1 amide bonds. The van der Waals surface area contributed by atoms with Crippen molar-refractivity contribution in [2.24, 2.45) is 0 Å². The van der Waals surface area contributed by atoms with E-state index in [4.69, 9.17) is 0 Å². The maximum absolute atomic E-state index is 12.5. The second-order valence-corrected chi connectivity index (χ2v) is 7.72. The zero-order valence-corrected chi connectivity index (χ0v) is 15.7. The molecule has 1 aromatic carbocycles. The molecule has 0 fully saturated rings. The Morgan fingerprint density at radius 3 is 2.96 bits per heavy atom. The van der Waals surface area contributed by atoms with Gasteiger partial charge >= 0.3 is 0 Å². The first-order chi connectivity index (χ1) is 12.7. The minimum Gasteiger partial charge on any atom is -0.321 e. The normalized spacial score (nSPS) is 13.9. The average Bonchev–Trinajstić information content (AvgIpc) is 3.24. The van der Waals surface area contributed by atoms with Crippen LogP contribution in [0.15, 0.2) is 36.4 Å². The Bertz CT molecular complexity index is 928. The van der Waals surface area contributed by atoms with Crippen LogP contribution in [0.1, 0.15) is 46.6 Å². The minimum absolute atomic E-state index is 0.0630. The topological polar surface area (TPSA) is 59.8 Å². The van der Waals surface area contributed by atoms with Gasteiger partial charge in [-0.25, -0.2) is 0 Å². The van der Waals surface area contributed by atoms with Crippen molar-refractivity contribution in [1.29, 1.82) is 0 Å². The molecule has 134 valence electrons. The number of hydrogen-bond acceptors (Lipinski definition) is 4. The third kappa shape index (κ3) is 3.42. The molecule has 0 spiro atoms. The van der Waals surface area contributed by atoms with E-state index in [1.807, 2.05) is 36.4 Å². The molecule has 1 aliphatic heterocycles. The molecular weight excluding hydrogens is 344 g/mol. The van der Waals surface area contributed by atoms with Crippen molar-refractivity contribution in [3.63, 3.8) is 0 Å². The van der Waals surface area contributed by atoms with Gasteiger partial charge in [0.15, 0.2) is 5.82 Å². The molecule has 3 aromatic rings. The predicted molar refractivity (Wildman–Crippen MR) is 105 cm³/mol. The lowest BCUT2D eigenvalue weighted by molar-refractivity contribution is 0.103. The summed E-state index contributed by atoms with van der Waals surface area (Å²) in [5.41, 5.74) is 1.77. The molecule has 2 aromatic heterocycles. The van der Waals surface area contributed by atoms with Gasteiger partial charge in [0.1, 0.15) is 5.82 Å². The number of benzene rings is 1. The Labute approximate surface area is 157 Å². The van der Waals surface area contributed by atoms with Gasteiger partial charge in [0.25, 0.3) is 5.91 Å². The molecule has 0 unspecified atom stereocenters. The fourth-order valence-electron chi connectivity index (χ4n) is 3.32. The van der Waals surface area contributed by atoms with Crippen LogP contribution in [0.2, 0.25) is 0 Å². The van der Waals surface area contributed by atoms with E-state index in [1.165, 1.54) is 17.7 Å². The molecule has 0 saturated carbocycles. The van der Waals surface area contributed by atoms with Crippen molar-refractivity contribution in [1.82, 2.24) is 14.8 Å². The summed E-state index contributed by atoms with van der Waals surface area (Å²) < 4.78 is 2.22. The second kappa shape index (κ2) is 7.41. The molecule has 26 heavy (non-hydrogen) atoms. The Morgan fingerprint density at radius 2 is 2.12 bits per heavy atom. The molecule has 0 saturated heterocycles. The van der Waals surface area contributed by atoms with E-state index in [0.717, 1.165) is 53.6 Å². The third-order valence-electron chi connectivity index (χ3n) is 4.72. The van der Waals surface area contributed by atoms with E-state index in [0.29, 0.717) is 0 Å². The maximum atomic E-state index is 12.5. The number of anilines is 1. The highest BCUT2D eigenvalue weighted by Crippen LogP contribution is 2.25. The van der Waals surface area contributed by atoms with Gasteiger partial charge in [-0.15, -0.1) is 21.5 Å². The number of aromatic nitrogens is 3. The number of carbonyl (C=O) groups excluding carboxylic acids is 1. The van der Waals surface area contributed by atoms with Gasteiger partial charge in [-0.3, -0.25) is 4.79 Å². The Balaban J connectivity index is 1.57. The number of carbonyl (C=O) groups is 1. The largest absolute Gasteiger partial charge is 0.321 e. The Morgan fingerprint density at radius 1 is 1.19 bits per heavy atom. The molecule has 4 rings (SSSR count). The lowest BCUT2D eigenvalue weighted by Crippen LogP contribution is -2.10. The van der Waals surface area contributed by atoms with E-state index in [2.05, 4.69) is 27.0 Å². The van der Waals surface area contributed by atoms with E-state index in [1.54, 1.807) is 11.3 Å². The number of rotatable bonds is 4. The van der Waals surface area contributed by atoms with Crippen LogP contribution in [-0.2, 0) is 19.4 Å². The highest BCUT2D eigenvalue weighted by molar-refractivity contribution is 7.14. The zero-order valence-electron chi connectivity index (χ0n) is 14.9. The van der Waals surface area contributed by atoms with Crippen molar-refractivity contribution in [2.45, 2.75) is 45.6 Å². The van der Waals surface area contributed by atoms with Crippen molar-refractivity contribution in [2.75, 3.05) is 5.32 Å².